The zero-order valence-corrected chi connectivity index (χ0v) is 23.8. The monoisotopic (exact) mass is 542 g/mol. The first-order chi connectivity index (χ1) is 18.1. The molecule has 9 heteroatoms. The predicted octanol–water partition coefficient (Wildman–Crippen LogP) is 4.93. The van der Waals surface area contributed by atoms with Crippen molar-refractivity contribution in [2.24, 2.45) is 11.1 Å². The number of allylic oxidation sites excluding steroid dienone is 2. The molecule has 1 spiro atoms. The molecular formula is C29H39ClN4O4. The van der Waals surface area contributed by atoms with Crippen molar-refractivity contribution in [3.05, 3.63) is 40.2 Å². The van der Waals surface area contributed by atoms with Crippen molar-refractivity contribution >= 4 is 28.8 Å². The third-order valence-electron chi connectivity index (χ3n) is 7.60. The Balaban J connectivity index is 1.75. The Kier molecular flexibility index (Phi) is 8.65. The molecule has 38 heavy (non-hydrogen) atoms. The Labute approximate surface area is 230 Å². The second-order valence-electron chi connectivity index (χ2n) is 10.7. The number of nitrogens with zero attached hydrogens (tertiary/aromatic N) is 3. The van der Waals surface area contributed by atoms with Crippen molar-refractivity contribution in [1.82, 2.24) is 9.97 Å². The SMILES string of the molecule is CCC[C@@H](O)COc1ccc(Cl)c(-c2nc(C(C(=O)CC)=C(C)N)c(C)c(N3CC4(CC(OC)C4)C3)n2)c1. The fourth-order valence-electron chi connectivity index (χ4n) is 5.51. The molecular weight excluding hydrogens is 504 g/mol. The average Bonchev–Trinajstić information content (AvgIpc) is 2.83. The van der Waals surface area contributed by atoms with Gasteiger partial charge in [-0.15, -0.1) is 0 Å². The van der Waals surface area contributed by atoms with Gasteiger partial charge in [0.25, 0.3) is 0 Å². The van der Waals surface area contributed by atoms with E-state index in [9.17, 15) is 9.90 Å². The van der Waals surface area contributed by atoms with Gasteiger partial charge in [0.1, 0.15) is 18.2 Å². The Hall–Kier alpha value is -2.68. The second kappa shape index (κ2) is 11.6. The van der Waals surface area contributed by atoms with E-state index in [0.717, 1.165) is 43.7 Å². The van der Waals surface area contributed by atoms with Gasteiger partial charge in [-0.2, -0.15) is 0 Å². The van der Waals surface area contributed by atoms with E-state index < -0.39 is 6.10 Å². The molecule has 1 saturated carbocycles. The van der Waals surface area contributed by atoms with Gasteiger partial charge >= 0.3 is 0 Å². The Morgan fingerprint density at radius 2 is 2.00 bits per heavy atom. The quantitative estimate of drug-likeness (QED) is 0.384. The van der Waals surface area contributed by atoms with Crippen molar-refractivity contribution in [1.29, 1.82) is 0 Å². The minimum atomic E-state index is -0.545. The van der Waals surface area contributed by atoms with Crippen LogP contribution in [-0.2, 0) is 9.53 Å². The molecule has 4 rings (SSSR count). The van der Waals surface area contributed by atoms with Gasteiger partial charge in [-0.25, -0.2) is 9.97 Å². The maximum atomic E-state index is 13.0. The van der Waals surface area contributed by atoms with E-state index in [1.54, 1.807) is 32.2 Å². The van der Waals surface area contributed by atoms with E-state index in [4.69, 9.17) is 36.8 Å². The van der Waals surface area contributed by atoms with Crippen LogP contribution in [0, 0.1) is 12.3 Å². The highest BCUT2D eigenvalue weighted by atomic mass is 35.5. The first kappa shape index (κ1) is 28.3. The molecule has 1 saturated heterocycles. The van der Waals surface area contributed by atoms with E-state index in [2.05, 4.69) is 4.90 Å². The van der Waals surface area contributed by atoms with E-state index in [1.165, 1.54) is 0 Å². The van der Waals surface area contributed by atoms with Crippen LogP contribution in [0.4, 0.5) is 5.82 Å². The first-order valence-corrected chi connectivity index (χ1v) is 13.8. The van der Waals surface area contributed by atoms with Crippen LogP contribution in [-0.4, -0.2) is 59.9 Å². The number of aromatic nitrogens is 2. The van der Waals surface area contributed by atoms with Crippen LogP contribution in [0.3, 0.4) is 0 Å². The lowest BCUT2D eigenvalue weighted by molar-refractivity contribution is -0.113. The highest BCUT2D eigenvalue weighted by Gasteiger charge is 2.53. The van der Waals surface area contributed by atoms with Crippen LogP contribution < -0.4 is 15.4 Å². The standard InChI is InChI=1S/C29H39ClN4O4/c1-6-8-19(35)14-38-20-9-10-23(30)22(11-20)27-32-26(25(18(4)31)24(36)7-2)17(3)28(33-27)34-15-29(16-34)12-21(13-29)37-5/h9-11,19,21,35H,6-8,12-16,31H2,1-5H3/t19-/m1/s1. The lowest BCUT2D eigenvalue weighted by Crippen LogP contribution is -2.64. The number of ketones is 1. The van der Waals surface area contributed by atoms with E-state index >= 15 is 0 Å². The summed E-state index contributed by atoms with van der Waals surface area (Å²) in [5.41, 5.74) is 9.26. The molecule has 1 aromatic carbocycles. The van der Waals surface area contributed by atoms with Crippen molar-refractivity contribution < 1.29 is 19.4 Å². The molecule has 2 heterocycles. The molecule has 0 radical (unpaired) electrons. The number of carbonyl (C=O) groups excluding carboxylic acids is 1. The molecule has 1 aliphatic carbocycles. The maximum absolute atomic E-state index is 13.0. The normalized spacial score (nSPS) is 18.0. The number of aliphatic hydroxyl groups is 1. The minimum absolute atomic E-state index is 0.0706. The molecule has 1 aliphatic heterocycles. The molecule has 2 fully saturated rings. The summed E-state index contributed by atoms with van der Waals surface area (Å²) < 4.78 is 11.3. The van der Waals surface area contributed by atoms with Crippen LogP contribution in [0.5, 0.6) is 5.75 Å². The number of hydrogen-bond donors (Lipinski definition) is 2. The summed E-state index contributed by atoms with van der Waals surface area (Å²) >= 11 is 6.64. The van der Waals surface area contributed by atoms with Gasteiger partial charge in [-0.3, -0.25) is 4.79 Å². The van der Waals surface area contributed by atoms with Crippen LogP contribution in [0.2, 0.25) is 5.02 Å². The Morgan fingerprint density at radius 1 is 1.29 bits per heavy atom. The van der Waals surface area contributed by atoms with E-state index in [1.807, 2.05) is 20.8 Å². The lowest BCUT2D eigenvalue weighted by Gasteiger charge is -2.59. The van der Waals surface area contributed by atoms with Gasteiger partial charge in [-0.1, -0.05) is 31.9 Å². The zero-order chi connectivity index (χ0) is 27.6. The number of anilines is 1. The summed E-state index contributed by atoms with van der Waals surface area (Å²) in [6.45, 7) is 9.43. The number of methoxy groups -OCH3 is 1. The van der Waals surface area contributed by atoms with E-state index in [-0.39, 0.29) is 17.8 Å². The molecule has 3 N–H and O–H groups in total. The number of carbonyl (C=O) groups is 1. The number of aliphatic hydroxyl groups excluding tert-OH is 1. The minimum Gasteiger partial charge on any atom is -0.491 e. The van der Waals surface area contributed by atoms with Crippen LogP contribution in [0.25, 0.3) is 17.0 Å². The summed E-state index contributed by atoms with van der Waals surface area (Å²) in [4.78, 5) is 25.0. The maximum Gasteiger partial charge on any atom is 0.166 e. The van der Waals surface area contributed by atoms with Crippen molar-refractivity contribution in [3.8, 4) is 17.1 Å². The van der Waals surface area contributed by atoms with Crippen LogP contribution >= 0.6 is 11.6 Å². The van der Waals surface area contributed by atoms with Gasteiger partial charge < -0.3 is 25.2 Å². The number of Topliss-reactive ketones (excluding diaryl/α,β-unsaturated/α-hetero) is 1. The Morgan fingerprint density at radius 3 is 2.61 bits per heavy atom. The average molecular weight is 543 g/mol. The van der Waals surface area contributed by atoms with Gasteiger partial charge in [0.15, 0.2) is 11.6 Å². The number of rotatable bonds is 11. The fraction of sp³-hybridized carbons (Fsp3) is 0.552. The van der Waals surface area contributed by atoms with E-state index in [0.29, 0.717) is 58.1 Å². The molecule has 2 aliphatic rings. The van der Waals surface area contributed by atoms with Gasteiger partial charge in [-0.05, 0) is 51.3 Å². The molecule has 0 bridgehead atoms. The van der Waals surface area contributed by atoms with Crippen molar-refractivity contribution in [3.63, 3.8) is 0 Å². The predicted molar refractivity (Wildman–Crippen MR) is 150 cm³/mol. The highest BCUT2D eigenvalue weighted by molar-refractivity contribution is 6.33. The lowest BCUT2D eigenvalue weighted by atomic mass is 9.61. The largest absolute Gasteiger partial charge is 0.491 e. The molecule has 1 aromatic heterocycles. The Bertz CT molecular complexity index is 1210. The summed E-state index contributed by atoms with van der Waals surface area (Å²) in [7, 11) is 1.76. The zero-order valence-electron chi connectivity index (χ0n) is 23.0. The molecule has 8 nitrogen and oxygen atoms in total. The molecule has 206 valence electrons. The number of halogens is 1. The number of hydrogen-bond acceptors (Lipinski definition) is 8. The summed E-state index contributed by atoms with van der Waals surface area (Å²) in [5, 5.41) is 10.6. The third kappa shape index (κ3) is 5.67. The molecule has 2 aromatic rings. The molecule has 0 amide bonds. The summed E-state index contributed by atoms with van der Waals surface area (Å²) in [5.74, 6) is 1.67. The summed E-state index contributed by atoms with van der Waals surface area (Å²) in [6.07, 6.45) is 3.71. The van der Waals surface area contributed by atoms with Gasteiger partial charge in [0, 0.05) is 48.9 Å². The summed E-state index contributed by atoms with van der Waals surface area (Å²) in [6, 6.07) is 5.28. The second-order valence-corrected chi connectivity index (χ2v) is 11.1. The third-order valence-corrected chi connectivity index (χ3v) is 7.93. The number of nitrogens with two attached hydrogens (primary N) is 1. The molecule has 1 atom stereocenters. The fourth-order valence-corrected chi connectivity index (χ4v) is 5.71. The van der Waals surface area contributed by atoms with Crippen molar-refractivity contribution in [2.45, 2.75) is 72.0 Å². The number of ether oxygens (including phenoxy) is 2. The van der Waals surface area contributed by atoms with Crippen LogP contribution in [0.1, 0.15) is 64.1 Å². The van der Waals surface area contributed by atoms with Gasteiger partial charge in [0.2, 0.25) is 0 Å². The van der Waals surface area contributed by atoms with Crippen molar-refractivity contribution in [2.75, 3.05) is 31.7 Å². The smallest absolute Gasteiger partial charge is 0.166 e. The topological polar surface area (TPSA) is 111 Å². The first-order valence-electron chi connectivity index (χ1n) is 13.4. The molecule has 0 unspecified atom stereocenters. The van der Waals surface area contributed by atoms with Gasteiger partial charge in [0.05, 0.1) is 28.5 Å². The van der Waals surface area contributed by atoms with Crippen LogP contribution in [0.15, 0.2) is 23.9 Å². The number of benzene rings is 1. The highest BCUT2D eigenvalue weighted by Crippen LogP contribution is 2.51.